The highest BCUT2D eigenvalue weighted by atomic mass is 35.5. The van der Waals surface area contributed by atoms with E-state index in [1.54, 1.807) is 18.9 Å². The van der Waals surface area contributed by atoms with Crippen molar-refractivity contribution in [3.8, 4) is 11.4 Å². The predicted molar refractivity (Wildman–Crippen MR) is 103 cm³/mol. The zero-order valence-corrected chi connectivity index (χ0v) is 15.8. The molecule has 0 unspecified atom stereocenters. The fraction of sp³-hybridized carbons (Fsp3) is 0.263. The van der Waals surface area contributed by atoms with E-state index in [2.05, 4.69) is 46.0 Å². The standard InChI is InChI=1S/C19H20ClN3OS/c1-14-4-3-5-15(12-14)13-25-19-22-21-18(23(19)10-11-24-2)16-6-8-17(20)9-7-16/h3-9,12H,10-11,13H2,1-2H3. The first kappa shape index (κ1) is 18.0. The van der Waals surface area contributed by atoms with Crippen LogP contribution >= 0.6 is 23.4 Å². The molecule has 0 N–H and O–H groups in total. The Morgan fingerprint density at radius 1 is 1.12 bits per heavy atom. The summed E-state index contributed by atoms with van der Waals surface area (Å²) >= 11 is 7.68. The molecule has 0 aliphatic carbocycles. The van der Waals surface area contributed by atoms with Crippen LogP contribution in [-0.4, -0.2) is 28.5 Å². The van der Waals surface area contributed by atoms with Crippen molar-refractivity contribution in [3.63, 3.8) is 0 Å². The van der Waals surface area contributed by atoms with Crippen molar-refractivity contribution in [2.75, 3.05) is 13.7 Å². The Labute approximate surface area is 157 Å². The first-order chi connectivity index (χ1) is 12.2. The number of thioether (sulfide) groups is 1. The molecule has 0 saturated heterocycles. The molecule has 0 bridgehead atoms. The van der Waals surface area contributed by atoms with E-state index >= 15 is 0 Å². The van der Waals surface area contributed by atoms with Crippen LogP contribution in [-0.2, 0) is 17.0 Å². The Balaban J connectivity index is 1.84. The monoisotopic (exact) mass is 373 g/mol. The topological polar surface area (TPSA) is 39.9 Å². The second-order valence-electron chi connectivity index (χ2n) is 5.74. The Morgan fingerprint density at radius 2 is 1.92 bits per heavy atom. The van der Waals surface area contributed by atoms with Crippen molar-refractivity contribution in [2.45, 2.75) is 24.4 Å². The lowest BCUT2D eigenvalue weighted by atomic mass is 10.2. The number of halogens is 1. The molecule has 1 aromatic heterocycles. The van der Waals surface area contributed by atoms with Gasteiger partial charge >= 0.3 is 0 Å². The normalized spacial score (nSPS) is 11.0. The smallest absolute Gasteiger partial charge is 0.191 e. The summed E-state index contributed by atoms with van der Waals surface area (Å²) in [6, 6.07) is 16.2. The summed E-state index contributed by atoms with van der Waals surface area (Å²) in [5.41, 5.74) is 3.54. The van der Waals surface area contributed by atoms with Crippen molar-refractivity contribution < 1.29 is 4.74 Å². The second-order valence-corrected chi connectivity index (χ2v) is 7.11. The molecule has 0 atom stereocenters. The number of aromatic nitrogens is 3. The molecule has 4 nitrogen and oxygen atoms in total. The van der Waals surface area contributed by atoms with Crippen LogP contribution in [0.4, 0.5) is 0 Å². The van der Waals surface area contributed by atoms with Gasteiger partial charge in [0.1, 0.15) is 0 Å². The summed E-state index contributed by atoms with van der Waals surface area (Å²) in [4.78, 5) is 0. The molecule has 2 aromatic carbocycles. The number of hydrogen-bond acceptors (Lipinski definition) is 4. The van der Waals surface area contributed by atoms with E-state index in [4.69, 9.17) is 16.3 Å². The molecule has 3 aromatic rings. The van der Waals surface area contributed by atoms with E-state index in [9.17, 15) is 0 Å². The third kappa shape index (κ3) is 4.63. The van der Waals surface area contributed by atoms with Crippen LogP contribution in [0.15, 0.2) is 53.7 Å². The van der Waals surface area contributed by atoms with Gasteiger partial charge in [-0.15, -0.1) is 10.2 Å². The van der Waals surface area contributed by atoms with E-state index in [0.717, 1.165) is 22.3 Å². The molecule has 6 heteroatoms. The van der Waals surface area contributed by atoms with Crippen LogP contribution in [0.2, 0.25) is 5.02 Å². The maximum atomic E-state index is 5.99. The van der Waals surface area contributed by atoms with Crippen LogP contribution in [0.3, 0.4) is 0 Å². The number of hydrogen-bond donors (Lipinski definition) is 0. The Bertz CT molecular complexity index is 833. The molecule has 1 heterocycles. The number of nitrogens with zero attached hydrogens (tertiary/aromatic N) is 3. The fourth-order valence-electron chi connectivity index (χ4n) is 2.54. The van der Waals surface area contributed by atoms with Crippen LogP contribution < -0.4 is 0 Å². The second kappa shape index (κ2) is 8.52. The maximum Gasteiger partial charge on any atom is 0.191 e. The average molecular weight is 374 g/mol. The highest BCUT2D eigenvalue weighted by Gasteiger charge is 2.14. The highest BCUT2D eigenvalue weighted by Crippen LogP contribution is 2.27. The van der Waals surface area contributed by atoms with Crippen molar-refractivity contribution in [1.29, 1.82) is 0 Å². The molecular formula is C19H20ClN3OS. The Morgan fingerprint density at radius 3 is 2.64 bits per heavy atom. The summed E-state index contributed by atoms with van der Waals surface area (Å²) in [6.07, 6.45) is 0. The van der Waals surface area contributed by atoms with Crippen molar-refractivity contribution in [3.05, 3.63) is 64.7 Å². The van der Waals surface area contributed by atoms with Crippen LogP contribution in [0.5, 0.6) is 0 Å². The number of ether oxygens (including phenoxy) is 1. The van der Waals surface area contributed by atoms with E-state index in [0.29, 0.717) is 18.2 Å². The van der Waals surface area contributed by atoms with Crippen LogP contribution in [0.1, 0.15) is 11.1 Å². The molecule has 3 rings (SSSR count). The van der Waals surface area contributed by atoms with Gasteiger partial charge in [-0.25, -0.2) is 0 Å². The third-order valence-corrected chi connectivity index (χ3v) is 5.08. The molecule has 0 amide bonds. The molecule has 130 valence electrons. The molecule has 0 saturated carbocycles. The molecule has 0 spiro atoms. The first-order valence-electron chi connectivity index (χ1n) is 8.04. The van der Waals surface area contributed by atoms with Gasteiger partial charge in [0, 0.05) is 23.4 Å². The maximum absolute atomic E-state index is 5.99. The molecule has 0 aliphatic heterocycles. The molecule has 0 radical (unpaired) electrons. The quantitative estimate of drug-likeness (QED) is 0.555. The number of rotatable bonds is 7. The summed E-state index contributed by atoms with van der Waals surface area (Å²) in [7, 11) is 1.70. The highest BCUT2D eigenvalue weighted by molar-refractivity contribution is 7.98. The van der Waals surface area contributed by atoms with Gasteiger partial charge in [0.15, 0.2) is 11.0 Å². The predicted octanol–water partition coefficient (Wildman–Crippen LogP) is 4.85. The lowest BCUT2D eigenvalue weighted by molar-refractivity contribution is 0.185. The summed E-state index contributed by atoms with van der Waals surface area (Å²) < 4.78 is 7.36. The number of methoxy groups -OCH3 is 1. The molecule has 0 aliphatic rings. The first-order valence-corrected chi connectivity index (χ1v) is 9.40. The van der Waals surface area contributed by atoms with Crippen LogP contribution in [0, 0.1) is 6.92 Å². The SMILES string of the molecule is COCCn1c(SCc2cccc(C)c2)nnc1-c1ccc(Cl)cc1. The van der Waals surface area contributed by atoms with Gasteiger partial charge in [-0.3, -0.25) is 4.57 Å². The summed E-state index contributed by atoms with van der Waals surface area (Å²) in [5.74, 6) is 1.69. The van der Waals surface area contributed by atoms with E-state index in [1.807, 2.05) is 24.3 Å². The van der Waals surface area contributed by atoms with Crippen LogP contribution in [0.25, 0.3) is 11.4 Å². The fourth-order valence-corrected chi connectivity index (χ4v) is 3.58. The van der Waals surface area contributed by atoms with Gasteiger partial charge in [-0.1, -0.05) is 53.2 Å². The van der Waals surface area contributed by atoms with E-state index in [1.165, 1.54) is 11.1 Å². The van der Waals surface area contributed by atoms with Gasteiger partial charge in [0.2, 0.25) is 0 Å². The lowest BCUT2D eigenvalue weighted by Gasteiger charge is -2.10. The lowest BCUT2D eigenvalue weighted by Crippen LogP contribution is -2.07. The zero-order valence-electron chi connectivity index (χ0n) is 14.3. The van der Waals surface area contributed by atoms with Gasteiger partial charge in [0.25, 0.3) is 0 Å². The van der Waals surface area contributed by atoms with Gasteiger partial charge in [-0.05, 0) is 36.8 Å². The average Bonchev–Trinajstić information content (AvgIpc) is 3.01. The van der Waals surface area contributed by atoms with E-state index < -0.39 is 0 Å². The summed E-state index contributed by atoms with van der Waals surface area (Å²) in [6.45, 7) is 3.42. The molecular weight excluding hydrogens is 354 g/mol. The number of benzene rings is 2. The Hall–Kier alpha value is -1.82. The zero-order chi connectivity index (χ0) is 17.6. The summed E-state index contributed by atoms with van der Waals surface area (Å²) in [5, 5.41) is 10.4. The van der Waals surface area contributed by atoms with Gasteiger partial charge < -0.3 is 4.74 Å². The van der Waals surface area contributed by atoms with E-state index in [-0.39, 0.29) is 0 Å². The molecule has 0 fully saturated rings. The minimum Gasteiger partial charge on any atom is -0.383 e. The van der Waals surface area contributed by atoms with Gasteiger partial charge in [0.05, 0.1) is 13.2 Å². The third-order valence-electron chi connectivity index (χ3n) is 3.79. The minimum atomic E-state index is 0.608. The number of aryl methyl sites for hydroxylation is 1. The van der Waals surface area contributed by atoms with Crippen molar-refractivity contribution in [1.82, 2.24) is 14.8 Å². The van der Waals surface area contributed by atoms with Crippen molar-refractivity contribution >= 4 is 23.4 Å². The minimum absolute atomic E-state index is 0.608. The van der Waals surface area contributed by atoms with Crippen molar-refractivity contribution in [2.24, 2.45) is 0 Å². The molecule has 25 heavy (non-hydrogen) atoms. The largest absolute Gasteiger partial charge is 0.383 e. The Kier molecular flexibility index (Phi) is 6.13. The van der Waals surface area contributed by atoms with Gasteiger partial charge in [-0.2, -0.15) is 0 Å².